The SMILES string of the molecule is O=C(O)c1cnn(C2CN(C(=O)OCC3c4ccccc4-c4ccccc43)C2)c1. The number of fused-ring (bicyclic) bond motifs is 3. The summed E-state index contributed by atoms with van der Waals surface area (Å²) in [6.07, 6.45) is 2.45. The lowest BCUT2D eigenvalue weighted by Gasteiger charge is -2.38. The normalized spacial score (nSPS) is 15.5. The zero-order chi connectivity index (χ0) is 20.0. The third-order valence-corrected chi connectivity index (χ3v) is 5.68. The van der Waals surface area contributed by atoms with Crippen molar-refractivity contribution in [3.05, 3.63) is 77.6 Å². The molecule has 29 heavy (non-hydrogen) atoms. The number of aromatic carboxylic acids is 1. The number of amides is 1. The largest absolute Gasteiger partial charge is 0.478 e. The minimum Gasteiger partial charge on any atom is -0.478 e. The minimum absolute atomic E-state index is 0.0245. The molecule has 0 bridgehead atoms. The molecule has 1 fully saturated rings. The molecule has 0 radical (unpaired) electrons. The molecule has 5 rings (SSSR count). The number of carbonyl (C=O) groups excluding carboxylic acids is 1. The average molecular weight is 389 g/mol. The molecule has 0 saturated carbocycles. The highest BCUT2D eigenvalue weighted by Crippen LogP contribution is 2.44. The first-order valence-corrected chi connectivity index (χ1v) is 9.49. The number of rotatable bonds is 4. The molecule has 1 saturated heterocycles. The Morgan fingerprint density at radius 1 is 1.03 bits per heavy atom. The number of benzene rings is 2. The lowest BCUT2D eigenvalue weighted by atomic mass is 9.98. The molecule has 3 aromatic rings. The number of carbonyl (C=O) groups is 2. The molecule has 1 aromatic heterocycles. The van der Waals surface area contributed by atoms with Gasteiger partial charge in [0.05, 0.1) is 17.8 Å². The van der Waals surface area contributed by atoms with Gasteiger partial charge in [-0.3, -0.25) is 4.68 Å². The Kier molecular flexibility index (Phi) is 4.08. The van der Waals surface area contributed by atoms with Crippen LogP contribution in [0.4, 0.5) is 4.79 Å². The summed E-state index contributed by atoms with van der Waals surface area (Å²) in [6.45, 7) is 1.20. The van der Waals surface area contributed by atoms with Gasteiger partial charge in [0.1, 0.15) is 6.61 Å². The van der Waals surface area contributed by atoms with Crippen molar-refractivity contribution in [1.29, 1.82) is 0 Å². The van der Waals surface area contributed by atoms with E-state index in [0.29, 0.717) is 19.7 Å². The van der Waals surface area contributed by atoms with E-state index in [1.54, 1.807) is 9.58 Å². The summed E-state index contributed by atoms with van der Waals surface area (Å²) in [5.74, 6) is -0.975. The third kappa shape index (κ3) is 2.95. The Morgan fingerprint density at radius 3 is 2.24 bits per heavy atom. The summed E-state index contributed by atoms with van der Waals surface area (Å²) in [5, 5.41) is 13.1. The molecule has 2 heterocycles. The number of aromatic nitrogens is 2. The molecule has 0 atom stereocenters. The number of hydrogen-bond acceptors (Lipinski definition) is 4. The maximum absolute atomic E-state index is 12.5. The number of carboxylic acids is 1. The highest BCUT2D eigenvalue weighted by atomic mass is 16.6. The topological polar surface area (TPSA) is 84.7 Å². The first-order valence-electron chi connectivity index (χ1n) is 9.49. The molecule has 0 unspecified atom stereocenters. The van der Waals surface area contributed by atoms with Crippen LogP contribution in [0.25, 0.3) is 11.1 Å². The molecule has 1 aliphatic heterocycles. The third-order valence-electron chi connectivity index (χ3n) is 5.68. The second-order valence-corrected chi connectivity index (χ2v) is 7.38. The molecule has 0 spiro atoms. The fourth-order valence-electron chi connectivity index (χ4n) is 4.11. The van der Waals surface area contributed by atoms with Crippen LogP contribution in [0.1, 0.15) is 33.4 Å². The van der Waals surface area contributed by atoms with Gasteiger partial charge in [-0.2, -0.15) is 5.10 Å². The summed E-state index contributed by atoms with van der Waals surface area (Å²) >= 11 is 0. The molecule has 1 aliphatic carbocycles. The fourth-order valence-corrected chi connectivity index (χ4v) is 4.11. The molecule has 7 nitrogen and oxygen atoms in total. The standard InChI is InChI=1S/C22H19N3O4/c26-21(27)14-9-23-25(10-14)15-11-24(12-15)22(28)29-13-20-18-7-3-1-5-16(18)17-6-2-4-8-19(17)20/h1-10,15,20H,11-13H2,(H,26,27). The number of nitrogens with zero attached hydrogens (tertiary/aromatic N) is 3. The van der Waals surface area contributed by atoms with Gasteiger partial charge in [-0.15, -0.1) is 0 Å². The van der Waals surface area contributed by atoms with Crippen molar-refractivity contribution >= 4 is 12.1 Å². The molecule has 2 aromatic carbocycles. The summed E-state index contributed by atoms with van der Waals surface area (Å²) < 4.78 is 7.23. The highest BCUT2D eigenvalue weighted by molar-refractivity contribution is 5.86. The van der Waals surface area contributed by atoms with Gasteiger partial charge in [0, 0.05) is 25.2 Å². The summed E-state index contributed by atoms with van der Waals surface area (Å²) in [4.78, 5) is 25.1. The number of carboxylic acid groups (broad SMARTS) is 1. The van der Waals surface area contributed by atoms with Crippen LogP contribution < -0.4 is 0 Å². The maximum Gasteiger partial charge on any atom is 0.409 e. The monoisotopic (exact) mass is 389 g/mol. The van der Waals surface area contributed by atoms with Gasteiger partial charge in [0.2, 0.25) is 0 Å². The van der Waals surface area contributed by atoms with Crippen LogP contribution in [-0.4, -0.2) is 51.5 Å². The van der Waals surface area contributed by atoms with Gasteiger partial charge in [-0.05, 0) is 22.3 Å². The minimum atomic E-state index is -1.01. The van der Waals surface area contributed by atoms with E-state index in [2.05, 4.69) is 29.4 Å². The van der Waals surface area contributed by atoms with Gasteiger partial charge < -0.3 is 14.7 Å². The lowest BCUT2D eigenvalue weighted by molar-refractivity contribution is 0.0522. The van der Waals surface area contributed by atoms with E-state index < -0.39 is 5.97 Å². The molecular weight excluding hydrogens is 370 g/mol. The highest BCUT2D eigenvalue weighted by Gasteiger charge is 2.35. The van der Waals surface area contributed by atoms with Gasteiger partial charge in [-0.1, -0.05) is 48.5 Å². The van der Waals surface area contributed by atoms with Crippen LogP contribution >= 0.6 is 0 Å². The Hall–Kier alpha value is -3.61. The summed E-state index contributed by atoms with van der Waals surface area (Å²) in [7, 11) is 0. The Balaban J connectivity index is 1.22. The van der Waals surface area contributed by atoms with Gasteiger partial charge in [0.25, 0.3) is 0 Å². The molecule has 1 amide bonds. The van der Waals surface area contributed by atoms with E-state index in [1.807, 2.05) is 24.3 Å². The van der Waals surface area contributed by atoms with Crippen LogP contribution in [0.5, 0.6) is 0 Å². The van der Waals surface area contributed by atoms with Crippen molar-refractivity contribution in [3.63, 3.8) is 0 Å². The quantitative estimate of drug-likeness (QED) is 0.739. The van der Waals surface area contributed by atoms with Gasteiger partial charge in [0.15, 0.2) is 0 Å². The van der Waals surface area contributed by atoms with Crippen molar-refractivity contribution in [1.82, 2.24) is 14.7 Å². The smallest absolute Gasteiger partial charge is 0.409 e. The fraction of sp³-hybridized carbons (Fsp3) is 0.227. The Labute approximate surface area is 167 Å². The zero-order valence-electron chi connectivity index (χ0n) is 15.6. The van der Waals surface area contributed by atoms with Crippen molar-refractivity contribution in [2.75, 3.05) is 19.7 Å². The van der Waals surface area contributed by atoms with E-state index in [4.69, 9.17) is 9.84 Å². The summed E-state index contributed by atoms with van der Waals surface area (Å²) in [6, 6.07) is 16.4. The number of hydrogen-bond donors (Lipinski definition) is 1. The molecule has 146 valence electrons. The van der Waals surface area contributed by atoms with E-state index in [0.717, 1.165) is 0 Å². The van der Waals surface area contributed by atoms with Crippen LogP contribution in [0.2, 0.25) is 0 Å². The van der Waals surface area contributed by atoms with Gasteiger partial charge in [-0.25, -0.2) is 9.59 Å². The molecule has 1 N–H and O–H groups in total. The average Bonchev–Trinajstić information content (AvgIpc) is 3.29. The molecular formula is C22H19N3O4. The van der Waals surface area contributed by atoms with Crippen LogP contribution in [0.15, 0.2) is 60.9 Å². The van der Waals surface area contributed by atoms with Crippen molar-refractivity contribution < 1.29 is 19.4 Å². The van der Waals surface area contributed by atoms with E-state index in [9.17, 15) is 9.59 Å². The molecule has 7 heteroatoms. The Morgan fingerprint density at radius 2 is 1.66 bits per heavy atom. The van der Waals surface area contributed by atoms with E-state index in [-0.39, 0.29) is 23.6 Å². The van der Waals surface area contributed by atoms with Crippen LogP contribution in [0.3, 0.4) is 0 Å². The van der Waals surface area contributed by atoms with Crippen LogP contribution in [-0.2, 0) is 4.74 Å². The van der Waals surface area contributed by atoms with Gasteiger partial charge >= 0.3 is 12.1 Å². The maximum atomic E-state index is 12.5. The second kappa shape index (κ2) is 6.77. The lowest BCUT2D eigenvalue weighted by Crippen LogP contribution is -2.51. The van der Waals surface area contributed by atoms with E-state index >= 15 is 0 Å². The first-order chi connectivity index (χ1) is 14.1. The van der Waals surface area contributed by atoms with Crippen molar-refractivity contribution in [2.45, 2.75) is 12.0 Å². The predicted molar refractivity (Wildman–Crippen MR) is 105 cm³/mol. The predicted octanol–water partition coefficient (Wildman–Crippen LogP) is 3.39. The zero-order valence-corrected chi connectivity index (χ0v) is 15.6. The van der Waals surface area contributed by atoms with Crippen molar-refractivity contribution in [2.24, 2.45) is 0 Å². The van der Waals surface area contributed by atoms with Crippen LogP contribution in [0, 0.1) is 0 Å². The van der Waals surface area contributed by atoms with E-state index in [1.165, 1.54) is 34.6 Å². The molecule has 2 aliphatic rings. The number of ether oxygens (including phenoxy) is 1. The van der Waals surface area contributed by atoms with Crippen molar-refractivity contribution in [3.8, 4) is 11.1 Å². The second-order valence-electron chi connectivity index (χ2n) is 7.38. The number of likely N-dealkylation sites (tertiary alicyclic amines) is 1. The summed E-state index contributed by atoms with van der Waals surface area (Å²) in [5.41, 5.74) is 4.90. The Bertz CT molecular complexity index is 1060. The first kappa shape index (κ1) is 17.5.